The van der Waals surface area contributed by atoms with Crippen LogP contribution >= 0.6 is 0 Å². The zero-order chi connectivity index (χ0) is 25.5. The maximum Gasteiger partial charge on any atom is -0.00194 e. The molecule has 0 bridgehead atoms. The fourth-order valence-electron chi connectivity index (χ4n) is 6.21. The first-order valence-corrected chi connectivity index (χ1v) is 13.6. The van der Waals surface area contributed by atoms with Gasteiger partial charge < -0.3 is 0 Å². The Bertz CT molecular complexity index is 1840. The molecule has 38 heavy (non-hydrogen) atoms. The highest BCUT2D eigenvalue weighted by atomic mass is 14.2. The lowest BCUT2D eigenvalue weighted by atomic mass is 9.84. The molecule has 182 valence electrons. The summed E-state index contributed by atoms with van der Waals surface area (Å²) < 4.78 is 0. The van der Waals surface area contributed by atoms with E-state index in [4.69, 9.17) is 0 Å². The molecule has 0 saturated heterocycles. The lowest BCUT2D eigenvalue weighted by Crippen LogP contribution is -2.01. The monoisotopic (exact) mass is 486 g/mol. The maximum absolute atomic E-state index is 2.46. The van der Waals surface area contributed by atoms with Crippen molar-refractivity contribution < 1.29 is 0 Å². The third-order valence-electron chi connectivity index (χ3n) is 8.25. The van der Waals surface area contributed by atoms with Crippen LogP contribution in [0.25, 0.3) is 44.3 Å². The van der Waals surface area contributed by atoms with E-state index in [1.54, 1.807) is 0 Å². The van der Waals surface area contributed by atoms with Gasteiger partial charge in [0.2, 0.25) is 0 Å². The van der Waals surface area contributed by atoms with Gasteiger partial charge in [-0.05, 0) is 97.8 Å². The van der Waals surface area contributed by atoms with Crippen LogP contribution in [0.5, 0.6) is 0 Å². The predicted octanol–water partition coefficient (Wildman–Crippen LogP) is 10.0. The van der Waals surface area contributed by atoms with E-state index >= 15 is 0 Å². The molecule has 1 aliphatic rings. The minimum atomic E-state index is 0.920. The molecule has 6 aromatic rings. The molecule has 0 amide bonds. The SMILES string of the molecule is Cc1c(-c2ccc(C3=Cc4c(ccc5ccccc45)CC3)cc2Cc2ccccc2)ccc2ccccc12. The summed E-state index contributed by atoms with van der Waals surface area (Å²) in [5.74, 6) is 0. The Hall–Kier alpha value is -4.42. The number of benzene rings is 6. The van der Waals surface area contributed by atoms with E-state index < -0.39 is 0 Å². The van der Waals surface area contributed by atoms with Crippen LogP contribution in [0.1, 0.15) is 39.8 Å². The first-order chi connectivity index (χ1) is 18.7. The van der Waals surface area contributed by atoms with Crippen LogP contribution in [0.4, 0.5) is 0 Å². The number of fused-ring (bicyclic) bond motifs is 4. The van der Waals surface area contributed by atoms with Gasteiger partial charge in [-0.25, -0.2) is 0 Å². The number of allylic oxidation sites excluding steroid dienone is 1. The average Bonchev–Trinajstić information content (AvgIpc) is 2.98. The average molecular weight is 487 g/mol. The lowest BCUT2D eigenvalue weighted by Gasteiger charge is -2.21. The number of hydrogen-bond donors (Lipinski definition) is 0. The second-order valence-corrected chi connectivity index (χ2v) is 10.5. The molecule has 6 aromatic carbocycles. The van der Waals surface area contributed by atoms with Gasteiger partial charge in [0.25, 0.3) is 0 Å². The third-order valence-corrected chi connectivity index (χ3v) is 8.25. The lowest BCUT2D eigenvalue weighted by molar-refractivity contribution is 1.00. The summed E-state index contributed by atoms with van der Waals surface area (Å²) in [6.07, 6.45) is 5.53. The fraction of sp³-hybridized carbons (Fsp3) is 0.105. The van der Waals surface area contributed by atoms with Crippen LogP contribution in [0.15, 0.2) is 121 Å². The number of hydrogen-bond acceptors (Lipinski definition) is 0. The molecule has 0 nitrogen and oxygen atoms in total. The smallest absolute Gasteiger partial charge is 0.00194 e. The molecule has 0 radical (unpaired) electrons. The Labute approximate surface area is 224 Å². The molecular formula is C38H30. The summed E-state index contributed by atoms with van der Waals surface area (Å²) in [4.78, 5) is 0. The molecular weight excluding hydrogens is 456 g/mol. The van der Waals surface area contributed by atoms with E-state index in [1.807, 2.05) is 0 Å². The zero-order valence-corrected chi connectivity index (χ0v) is 21.7. The summed E-state index contributed by atoms with van der Waals surface area (Å²) in [6.45, 7) is 2.27. The molecule has 0 atom stereocenters. The topological polar surface area (TPSA) is 0 Å². The maximum atomic E-state index is 2.46. The summed E-state index contributed by atoms with van der Waals surface area (Å²) in [7, 11) is 0. The highest BCUT2D eigenvalue weighted by Crippen LogP contribution is 2.38. The normalized spacial score (nSPS) is 12.9. The molecule has 0 spiro atoms. The van der Waals surface area contributed by atoms with Crippen molar-refractivity contribution in [2.24, 2.45) is 0 Å². The Morgan fingerprint density at radius 1 is 0.579 bits per heavy atom. The predicted molar refractivity (Wildman–Crippen MR) is 164 cm³/mol. The van der Waals surface area contributed by atoms with Gasteiger partial charge in [-0.3, -0.25) is 0 Å². The van der Waals surface area contributed by atoms with E-state index in [0.29, 0.717) is 0 Å². The largest absolute Gasteiger partial charge is 0.0622 e. The van der Waals surface area contributed by atoms with Crippen LogP contribution in [0.2, 0.25) is 0 Å². The van der Waals surface area contributed by atoms with Crippen molar-refractivity contribution in [1.82, 2.24) is 0 Å². The van der Waals surface area contributed by atoms with Crippen LogP contribution < -0.4 is 0 Å². The van der Waals surface area contributed by atoms with Gasteiger partial charge in [-0.2, -0.15) is 0 Å². The first-order valence-electron chi connectivity index (χ1n) is 13.6. The van der Waals surface area contributed by atoms with Gasteiger partial charge >= 0.3 is 0 Å². The van der Waals surface area contributed by atoms with E-state index in [0.717, 1.165) is 19.3 Å². The van der Waals surface area contributed by atoms with E-state index in [-0.39, 0.29) is 0 Å². The van der Waals surface area contributed by atoms with Gasteiger partial charge in [0.15, 0.2) is 0 Å². The van der Waals surface area contributed by atoms with Crippen molar-refractivity contribution in [2.45, 2.75) is 26.2 Å². The quantitative estimate of drug-likeness (QED) is 0.232. The van der Waals surface area contributed by atoms with Gasteiger partial charge in [0, 0.05) is 0 Å². The minimum Gasteiger partial charge on any atom is -0.0622 e. The third kappa shape index (κ3) is 4.03. The molecule has 0 heterocycles. The van der Waals surface area contributed by atoms with Crippen molar-refractivity contribution in [2.75, 3.05) is 0 Å². The van der Waals surface area contributed by atoms with Gasteiger partial charge in [-0.1, -0.05) is 127 Å². The molecule has 0 heteroatoms. The van der Waals surface area contributed by atoms with E-state index in [1.165, 1.54) is 71.6 Å². The molecule has 0 N–H and O–H groups in total. The molecule has 0 saturated carbocycles. The molecule has 0 unspecified atom stereocenters. The standard InChI is InChI=1S/C38H30/c1-26-34-13-7-5-11-28(34)19-21-35(26)37-22-20-31(24-33(37)23-27-9-3-2-4-10-27)32-18-17-30-16-15-29-12-6-8-14-36(29)38(30)25-32/h2-16,19-22,24-25H,17-18,23H2,1H3. The van der Waals surface area contributed by atoms with Crippen molar-refractivity contribution in [3.05, 3.63) is 155 Å². The minimum absolute atomic E-state index is 0.920. The van der Waals surface area contributed by atoms with Crippen molar-refractivity contribution in [1.29, 1.82) is 0 Å². The summed E-state index contributed by atoms with van der Waals surface area (Å²) in [5.41, 5.74) is 12.4. The van der Waals surface area contributed by atoms with Crippen molar-refractivity contribution in [3.8, 4) is 11.1 Å². The van der Waals surface area contributed by atoms with Crippen LogP contribution in [0, 0.1) is 6.92 Å². The van der Waals surface area contributed by atoms with E-state index in [2.05, 4.69) is 134 Å². The second-order valence-electron chi connectivity index (χ2n) is 10.5. The number of aryl methyl sites for hydroxylation is 2. The highest BCUT2D eigenvalue weighted by molar-refractivity contribution is 5.98. The molecule has 7 rings (SSSR count). The van der Waals surface area contributed by atoms with E-state index in [9.17, 15) is 0 Å². The van der Waals surface area contributed by atoms with Crippen molar-refractivity contribution in [3.63, 3.8) is 0 Å². The Morgan fingerprint density at radius 3 is 2.11 bits per heavy atom. The van der Waals surface area contributed by atoms with Crippen LogP contribution in [0.3, 0.4) is 0 Å². The first kappa shape index (κ1) is 22.8. The van der Waals surface area contributed by atoms with Crippen molar-refractivity contribution >= 4 is 33.2 Å². The summed E-state index contributed by atoms with van der Waals surface area (Å²) in [5, 5.41) is 5.30. The number of rotatable bonds is 4. The van der Waals surface area contributed by atoms with Gasteiger partial charge in [-0.15, -0.1) is 0 Å². The fourth-order valence-corrected chi connectivity index (χ4v) is 6.21. The zero-order valence-electron chi connectivity index (χ0n) is 21.7. The van der Waals surface area contributed by atoms with Crippen LogP contribution in [-0.2, 0) is 12.8 Å². The molecule has 1 aliphatic carbocycles. The summed E-state index contributed by atoms with van der Waals surface area (Å²) in [6, 6.07) is 44.7. The highest BCUT2D eigenvalue weighted by Gasteiger charge is 2.17. The Morgan fingerprint density at radius 2 is 1.26 bits per heavy atom. The van der Waals surface area contributed by atoms with Gasteiger partial charge in [0.1, 0.15) is 0 Å². The Balaban J connectivity index is 1.38. The van der Waals surface area contributed by atoms with Gasteiger partial charge in [0.05, 0.1) is 0 Å². The molecule has 0 aromatic heterocycles. The Kier molecular flexibility index (Phi) is 5.67. The summed E-state index contributed by atoms with van der Waals surface area (Å²) >= 11 is 0. The van der Waals surface area contributed by atoms with Crippen LogP contribution in [-0.4, -0.2) is 0 Å². The molecule has 0 aliphatic heterocycles. The molecule has 0 fully saturated rings. The second kappa shape index (κ2) is 9.47.